The molecule has 0 radical (unpaired) electrons. The fourth-order valence-corrected chi connectivity index (χ4v) is 2.27. The van der Waals surface area contributed by atoms with Crippen molar-refractivity contribution >= 4 is 6.03 Å². The van der Waals surface area contributed by atoms with Crippen molar-refractivity contribution in [1.29, 1.82) is 0 Å². The fraction of sp³-hybridized carbons (Fsp3) is 0.562. The lowest BCUT2D eigenvalue weighted by Gasteiger charge is -2.22. The molecule has 3 nitrogen and oxygen atoms in total. The number of urea groups is 1. The van der Waals surface area contributed by atoms with Crippen molar-refractivity contribution in [3.8, 4) is 0 Å². The molecule has 3 heteroatoms. The van der Waals surface area contributed by atoms with E-state index in [0.717, 1.165) is 31.0 Å². The van der Waals surface area contributed by atoms with Gasteiger partial charge in [0.2, 0.25) is 0 Å². The third kappa shape index (κ3) is 4.58. The van der Waals surface area contributed by atoms with E-state index < -0.39 is 0 Å². The van der Waals surface area contributed by atoms with Crippen LogP contribution in [0, 0.1) is 12.8 Å². The Hall–Kier alpha value is -1.51. The molecule has 104 valence electrons. The van der Waals surface area contributed by atoms with Gasteiger partial charge in [-0.05, 0) is 37.7 Å². The van der Waals surface area contributed by atoms with Gasteiger partial charge in [-0.25, -0.2) is 4.79 Å². The molecule has 0 atom stereocenters. The van der Waals surface area contributed by atoms with Gasteiger partial charge >= 0.3 is 6.03 Å². The Balaban J connectivity index is 1.83. The minimum atomic E-state index is 0.0789. The van der Waals surface area contributed by atoms with Crippen molar-refractivity contribution in [3.05, 3.63) is 35.4 Å². The number of carbonyl (C=O) groups is 1. The molecule has 0 bridgehead atoms. The summed E-state index contributed by atoms with van der Waals surface area (Å²) in [6, 6.07) is 8.35. The molecule has 1 saturated carbocycles. The number of nitrogens with one attached hydrogen (secondary N) is 1. The largest absolute Gasteiger partial charge is 0.334 e. The second-order valence-electron chi connectivity index (χ2n) is 5.54. The molecule has 1 fully saturated rings. The standard InChI is InChI=1S/C16H24N2O/c1-3-9-18(12-14-7-8-14)16(19)17-11-15-6-4-5-13(2)10-15/h4-6,10,14H,3,7-9,11-12H2,1-2H3,(H,17,19). The van der Waals surface area contributed by atoms with Gasteiger partial charge in [0.15, 0.2) is 0 Å². The third-order valence-corrected chi connectivity index (χ3v) is 3.48. The first-order valence-electron chi connectivity index (χ1n) is 7.27. The van der Waals surface area contributed by atoms with Gasteiger partial charge in [0.25, 0.3) is 0 Å². The highest BCUT2D eigenvalue weighted by Crippen LogP contribution is 2.29. The normalized spacial score (nSPS) is 14.2. The van der Waals surface area contributed by atoms with E-state index in [2.05, 4.69) is 37.4 Å². The van der Waals surface area contributed by atoms with Crippen LogP contribution in [0.25, 0.3) is 0 Å². The van der Waals surface area contributed by atoms with Gasteiger partial charge in [0.05, 0.1) is 0 Å². The summed E-state index contributed by atoms with van der Waals surface area (Å²) >= 11 is 0. The number of hydrogen-bond acceptors (Lipinski definition) is 1. The lowest BCUT2D eigenvalue weighted by molar-refractivity contribution is 0.195. The first-order valence-corrected chi connectivity index (χ1v) is 7.27. The molecule has 1 aliphatic rings. The molecule has 0 spiro atoms. The van der Waals surface area contributed by atoms with Crippen molar-refractivity contribution in [3.63, 3.8) is 0 Å². The minimum absolute atomic E-state index is 0.0789. The van der Waals surface area contributed by atoms with Gasteiger partial charge in [0, 0.05) is 19.6 Å². The summed E-state index contributed by atoms with van der Waals surface area (Å²) in [7, 11) is 0. The van der Waals surface area contributed by atoms with Crippen LogP contribution < -0.4 is 5.32 Å². The van der Waals surface area contributed by atoms with Gasteiger partial charge in [-0.15, -0.1) is 0 Å². The summed E-state index contributed by atoms with van der Waals surface area (Å²) in [4.78, 5) is 14.1. The van der Waals surface area contributed by atoms with Crippen LogP contribution in [0.1, 0.15) is 37.3 Å². The molecule has 0 heterocycles. The highest BCUT2D eigenvalue weighted by molar-refractivity contribution is 5.74. The van der Waals surface area contributed by atoms with Gasteiger partial charge in [0.1, 0.15) is 0 Å². The number of aryl methyl sites for hydroxylation is 1. The monoisotopic (exact) mass is 260 g/mol. The first kappa shape index (κ1) is 13.9. The van der Waals surface area contributed by atoms with E-state index in [1.165, 1.54) is 18.4 Å². The highest BCUT2D eigenvalue weighted by atomic mass is 16.2. The van der Waals surface area contributed by atoms with Crippen molar-refractivity contribution in [1.82, 2.24) is 10.2 Å². The Labute approximate surface area is 116 Å². The molecule has 1 aliphatic carbocycles. The molecule has 1 aromatic carbocycles. The zero-order valence-corrected chi connectivity index (χ0v) is 12.0. The molecular formula is C16H24N2O. The summed E-state index contributed by atoms with van der Waals surface area (Å²) in [5, 5.41) is 3.03. The molecule has 2 rings (SSSR count). The summed E-state index contributed by atoms with van der Waals surface area (Å²) in [6.07, 6.45) is 3.58. The number of rotatable bonds is 6. The number of nitrogens with zero attached hydrogens (tertiary/aromatic N) is 1. The molecule has 0 aromatic heterocycles. The Morgan fingerprint density at radius 3 is 2.84 bits per heavy atom. The Morgan fingerprint density at radius 1 is 1.42 bits per heavy atom. The lowest BCUT2D eigenvalue weighted by atomic mass is 10.1. The van der Waals surface area contributed by atoms with Crippen molar-refractivity contribution in [2.24, 2.45) is 5.92 Å². The molecule has 0 saturated heterocycles. The van der Waals surface area contributed by atoms with Crippen LogP contribution in [0.3, 0.4) is 0 Å². The van der Waals surface area contributed by atoms with Gasteiger partial charge in [-0.3, -0.25) is 0 Å². The van der Waals surface area contributed by atoms with Crippen molar-refractivity contribution in [2.45, 2.75) is 39.7 Å². The van der Waals surface area contributed by atoms with E-state index in [1.807, 2.05) is 11.0 Å². The van der Waals surface area contributed by atoms with Crippen LogP contribution in [0.5, 0.6) is 0 Å². The SMILES string of the molecule is CCCN(CC1CC1)C(=O)NCc1cccc(C)c1. The first-order chi connectivity index (χ1) is 9.19. The van der Waals surface area contributed by atoms with E-state index in [-0.39, 0.29) is 6.03 Å². The van der Waals surface area contributed by atoms with Gasteiger partial charge < -0.3 is 10.2 Å². The van der Waals surface area contributed by atoms with Crippen LogP contribution in [0.4, 0.5) is 4.79 Å². The third-order valence-electron chi connectivity index (χ3n) is 3.48. The van der Waals surface area contributed by atoms with Crippen LogP contribution in [-0.2, 0) is 6.54 Å². The van der Waals surface area contributed by atoms with Crippen LogP contribution in [-0.4, -0.2) is 24.0 Å². The van der Waals surface area contributed by atoms with Crippen LogP contribution in [0.15, 0.2) is 24.3 Å². The number of benzene rings is 1. The Kier molecular flexibility index (Phi) is 4.83. The Morgan fingerprint density at radius 2 is 2.21 bits per heavy atom. The molecule has 0 unspecified atom stereocenters. The number of amides is 2. The lowest BCUT2D eigenvalue weighted by Crippen LogP contribution is -2.41. The summed E-state index contributed by atoms with van der Waals surface area (Å²) in [5.74, 6) is 0.747. The molecule has 19 heavy (non-hydrogen) atoms. The zero-order chi connectivity index (χ0) is 13.7. The van der Waals surface area contributed by atoms with Crippen LogP contribution >= 0.6 is 0 Å². The maximum absolute atomic E-state index is 12.2. The average Bonchev–Trinajstić information content (AvgIpc) is 3.19. The maximum Gasteiger partial charge on any atom is 0.317 e. The second kappa shape index (κ2) is 6.60. The van der Waals surface area contributed by atoms with E-state index in [0.29, 0.717) is 6.54 Å². The average molecular weight is 260 g/mol. The van der Waals surface area contributed by atoms with Crippen molar-refractivity contribution in [2.75, 3.05) is 13.1 Å². The molecule has 1 aromatic rings. The number of hydrogen-bond donors (Lipinski definition) is 1. The van der Waals surface area contributed by atoms with Gasteiger partial charge in [-0.2, -0.15) is 0 Å². The topological polar surface area (TPSA) is 32.3 Å². The van der Waals surface area contributed by atoms with Crippen LogP contribution in [0.2, 0.25) is 0 Å². The zero-order valence-electron chi connectivity index (χ0n) is 12.0. The fourth-order valence-electron chi connectivity index (χ4n) is 2.27. The smallest absolute Gasteiger partial charge is 0.317 e. The quantitative estimate of drug-likeness (QED) is 0.836. The summed E-state index contributed by atoms with van der Waals surface area (Å²) in [6.45, 7) is 6.59. The predicted molar refractivity (Wildman–Crippen MR) is 78.0 cm³/mol. The highest BCUT2D eigenvalue weighted by Gasteiger charge is 2.26. The van der Waals surface area contributed by atoms with E-state index in [9.17, 15) is 4.79 Å². The summed E-state index contributed by atoms with van der Waals surface area (Å²) in [5.41, 5.74) is 2.39. The second-order valence-corrected chi connectivity index (χ2v) is 5.54. The van der Waals surface area contributed by atoms with E-state index in [4.69, 9.17) is 0 Å². The molecule has 2 amide bonds. The maximum atomic E-state index is 12.2. The summed E-state index contributed by atoms with van der Waals surface area (Å²) < 4.78 is 0. The minimum Gasteiger partial charge on any atom is -0.334 e. The molecule has 1 N–H and O–H groups in total. The predicted octanol–water partition coefficient (Wildman–Crippen LogP) is 3.33. The van der Waals surface area contributed by atoms with Gasteiger partial charge in [-0.1, -0.05) is 36.8 Å². The van der Waals surface area contributed by atoms with E-state index >= 15 is 0 Å². The van der Waals surface area contributed by atoms with Crippen molar-refractivity contribution < 1.29 is 4.79 Å². The molecule has 0 aliphatic heterocycles. The molecular weight excluding hydrogens is 236 g/mol. The number of carbonyl (C=O) groups excluding carboxylic acids is 1. The van der Waals surface area contributed by atoms with E-state index in [1.54, 1.807) is 0 Å². The Bertz CT molecular complexity index is 427.